The molecule has 3 aromatic rings. The number of benzene rings is 2. The number of halogens is 1. The molecule has 0 bridgehead atoms. The van der Waals surface area contributed by atoms with E-state index in [0.717, 1.165) is 26.9 Å². The summed E-state index contributed by atoms with van der Waals surface area (Å²) in [6.45, 7) is 4.35. The van der Waals surface area contributed by atoms with Gasteiger partial charge in [-0.15, -0.1) is 5.10 Å². The number of hydrogen-bond acceptors (Lipinski definition) is 5. The van der Waals surface area contributed by atoms with Crippen LogP contribution in [0.4, 0.5) is 0 Å². The van der Waals surface area contributed by atoms with E-state index in [-0.39, 0.29) is 5.88 Å². The molecule has 0 aliphatic carbocycles. The molecule has 29 heavy (non-hydrogen) atoms. The van der Waals surface area contributed by atoms with Gasteiger partial charge in [0, 0.05) is 21.3 Å². The van der Waals surface area contributed by atoms with Crippen molar-refractivity contribution in [3.8, 4) is 17.7 Å². The minimum absolute atomic E-state index is 0.0564. The Hall–Kier alpha value is -3.24. The van der Waals surface area contributed by atoms with Crippen molar-refractivity contribution in [2.75, 3.05) is 0 Å². The van der Waals surface area contributed by atoms with Gasteiger partial charge < -0.3 is 15.2 Å². The molecular weight excluding hydrogens is 432 g/mol. The molecule has 0 fully saturated rings. The van der Waals surface area contributed by atoms with E-state index in [1.807, 2.05) is 44.2 Å². The number of allylic oxidation sites excluding steroid dienone is 1. The molecule has 2 aromatic carbocycles. The van der Waals surface area contributed by atoms with Crippen LogP contribution in [0.2, 0.25) is 0 Å². The molecule has 0 saturated carbocycles. The third-order valence-electron chi connectivity index (χ3n) is 4.93. The molecule has 4 rings (SSSR count). The predicted octanol–water partition coefficient (Wildman–Crippen LogP) is 4.59. The van der Waals surface area contributed by atoms with Crippen molar-refractivity contribution in [1.29, 1.82) is 5.26 Å². The van der Waals surface area contributed by atoms with Crippen LogP contribution in [0.3, 0.4) is 0 Å². The lowest BCUT2D eigenvalue weighted by Gasteiger charge is -2.25. The molecule has 1 aliphatic heterocycles. The molecule has 146 valence electrons. The van der Waals surface area contributed by atoms with E-state index in [1.165, 1.54) is 5.56 Å². The van der Waals surface area contributed by atoms with Crippen molar-refractivity contribution in [3.63, 3.8) is 0 Å². The second-order valence-corrected chi connectivity index (χ2v) is 7.86. The summed E-state index contributed by atoms with van der Waals surface area (Å²) in [6.07, 6.45) is 0. The first-order chi connectivity index (χ1) is 14.0. The Kier molecular flexibility index (Phi) is 5.03. The fourth-order valence-corrected chi connectivity index (χ4v) is 3.81. The number of nitrogens with two attached hydrogens (primary N) is 1. The average Bonchev–Trinajstić information content (AvgIpc) is 3.07. The van der Waals surface area contributed by atoms with Crippen LogP contribution in [0.1, 0.15) is 33.9 Å². The molecule has 1 aromatic heterocycles. The van der Waals surface area contributed by atoms with Crippen LogP contribution >= 0.6 is 15.9 Å². The SMILES string of the molecule is Cc1ccc(COc2ccc(Br)cc2[C@@H]2C(C#N)=C(N)Oc3n[nH]c(C)c32)cc1. The van der Waals surface area contributed by atoms with Crippen molar-refractivity contribution in [1.82, 2.24) is 10.2 Å². The summed E-state index contributed by atoms with van der Waals surface area (Å²) < 4.78 is 12.6. The minimum atomic E-state index is -0.437. The van der Waals surface area contributed by atoms with E-state index in [1.54, 1.807) is 0 Å². The number of ether oxygens (including phenoxy) is 2. The number of H-pyrrole nitrogens is 1. The summed E-state index contributed by atoms with van der Waals surface area (Å²) in [5.74, 6) is 0.676. The van der Waals surface area contributed by atoms with Gasteiger partial charge in [-0.1, -0.05) is 45.8 Å². The highest BCUT2D eigenvalue weighted by Crippen LogP contribution is 2.46. The number of hydrogen-bond donors (Lipinski definition) is 2. The van der Waals surface area contributed by atoms with Gasteiger partial charge in [0.05, 0.1) is 5.92 Å². The maximum atomic E-state index is 9.79. The molecular formula is C22H19BrN4O2. The Labute approximate surface area is 177 Å². The van der Waals surface area contributed by atoms with Gasteiger partial charge in [0.1, 0.15) is 24.0 Å². The Balaban J connectivity index is 1.78. The maximum absolute atomic E-state index is 9.79. The molecule has 0 amide bonds. The summed E-state index contributed by atoms with van der Waals surface area (Å²) >= 11 is 3.53. The van der Waals surface area contributed by atoms with E-state index >= 15 is 0 Å². The Morgan fingerprint density at radius 1 is 1.24 bits per heavy atom. The lowest BCUT2D eigenvalue weighted by atomic mass is 9.83. The van der Waals surface area contributed by atoms with Crippen LogP contribution in [0.15, 0.2) is 58.4 Å². The Bertz CT molecular complexity index is 1140. The van der Waals surface area contributed by atoms with Crippen molar-refractivity contribution < 1.29 is 9.47 Å². The first-order valence-electron chi connectivity index (χ1n) is 9.08. The van der Waals surface area contributed by atoms with Gasteiger partial charge >= 0.3 is 0 Å². The van der Waals surface area contributed by atoms with Crippen molar-refractivity contribution >= 4 is 15.9 Å². The predicted molar refractivity (Wildman–Crippen MR) is 112 cm³/mol. The van der Waals surface area contributed by atoms with Gasteiger partial charge in [0.15, 0.2) is 0 Å². The molecule has 0 radical (unpaired) electrons. The van der Waals surface area contributed by atoms with Gasteiger partial charge in [0.25, 0.3) is 0 Å². The molecule has 6 nitrogen and oxygen atoms in total. The Morgan fingerprint density at radius 2 is 2.00 bits per heavy atom. The number of nitrogens with zero attached hydrogens (tertiary/aromatic N) is 2. The van der Waals surface area contributed by atoms with Crippen LogP contribution in [-0.2, 0) is 6.61 Å². The minimum Gasteiger partial charge on any atom is -0.489 e. The van der Waals surface area contributed by atoms with Crippen LogP contribution in [0, 0.1) is 25.2 Å². The smallest absolute Gasteiger partial charge is 0.244 e. The zero-order chi connectivity index (χ0) is 20.5. The summed E-state index contributed by atoms with van der Waals surface area (Å²) in [4.78, 5) is 0. The normalized spacial score (nSPS) is 15.4. The third-order valence-corrected chi connectivity index (χ3v) is 5.42. The van der Waals surface area contributed by atoms with Crippen LogP contribution in [-0.4, -0.2) is 10.2 Å². The standard InChI is InChI=1S/C22H19BrN4O2/c1-12-3-5-14(6-4-12)11-28-18-8-7-15(23)9-16(18)20-17(10-24)21(25)29-22-19(20)13(2)26-27-22/h3-9,20H,11,25H2,1-2H3,(H,26,27)/t20-/m1/s1. The fraction of sp³-hybridized carbons (Fsp3) is 0.182. The van der Waals surface area contributed by atoms with E-state index in [2.05, 4.69) is 44.3 Å². The van der Waals surface area contributed by atoms with Crippen molar-refractivity contribution in [2.45, 2.75) is 26.4 Å². The summed E-state index contributed by atoms with van der Waals surface area (Å²) in [5.41, 5.74) is 11.0. The monoisotopic (exact) mass is 450 g/mol. The summed E-state index contributed by atoms with van der Waals surface area (Å²) in [5, 5.41) is 16.9. The maximum Gasteiger partial charge on any atom is 0.244 e. The van der Waals surface area contributed by atoms with Gasteiger partial charge in [-0.2, -0.15) is 5.26 Å². The molecule has 2 heterocycles. The number of aromatic nitrogens is 2. The topological polar surface area (TPSA) is 96.9 Å². The second kappa shape index (κ2) is 7.64. The van der Waals surface area contributed by atoms with Gasteiger partial charge in [-0.3, -0.25) is 5.10 Å². The first-order valence-corrected chi connectivity index (χ1v) is 9.87. The molecule has 7 heteroatoms. The lowest BCUT2D eigenvalue weighted by Crippen LogP contribution is -2.21. The first kappa shape index (κ1) is 19.1. The molecule has 1 atom stereocenters. The molecule has 0 unspecified atom stereocenters. The number of fused-ring (bicyclic) bond motifs is 1. The largest absolute Gasteiger partial charge is 0.489 e. The number of rotatable bonds is 4. The van der Waals surface area contributed by atoms with Gasteiger partial charge in [-0.25, -0.2) is 0 Å². The van der Waals surface area contributed by atoms with E-state index in [4.69, 9.17) is 15.2 Å². The van der Waals surface area contributed by atoms with Crippen LogP contribution < -0.4 is 15.2 Å². The molecule has 0 saturated heterocycles. The van der Waals surface area contributed by atoms with E-state index in [9.17, 15) is 5.26 Å². The highest BCUT2D eigenvalue weighted by atomic mass is 79.9. The van der Waals surface area contributed by atoms with Crippen LogP contribution in [0.25, 0.3) is 0 Å². The quantitative estimate of drug-likeness (QED) is 0.605. The fourth-order valence-electron chi connectivity index (χ4n) is 3.43. The number of aryl methyl sites for hydroxylation is 2. The zero-order valence-electron chi connectivity index (χ0n) is 16.0. The second-order valence-electron chi connectivity index (χ2n) is 6.95. The molecule has 3 N–H and O–H groups in total. The van der Waals surface area contributed by atoms with Gasteiger partial charge in [0.2, 0.25) is 11.8 Å². The highest BCUT2D eigenvalue weighted by Gasteiger charge is 2.36. The number of aromatic amines is 1. The summed E-state index contributed by atoms with van der Waals surface area (Å²) in [7, 11) is 0. The van der Waals surface area contributed by atoms with E-state index < -0.39 is 5.92 Å². The number of nitrogens with one attached hydrogen (secondary N) is 1. The molecule has 1 aliphatic rings. The third kappa shape index (κ3) is 3.59. The Morgan fingerprint density at radius 3 is 2.72 bits per heavy atom. The lowest BCUT2D eigenvalue weighted by molar-refractivity contribution is 0.301. The van der Waals surface area contributed by atoms with Crippen LogP contribution in [0.5, 0.6) is 11.6 Å². The van der Waals surface area contributed by atoms with Crippen molar-refractivity contribution in [3.05, 3.63) is 86.3 Å². The molecule has 0 spiro atoms. The average molecular weight is 451 g/mol. The highest BCUT2D eigenvalue weighted by molar-refractivity contribution is 9.10. The van der Waals surface area contributed by atoms with E-state index in [0.29, 0.717) is 23.8 Å². The summed E-state index contributed by atoms with van der Waals surface area (Å²) in [6, 6.07) is 16.1. The van der Waals surface area contributed by atoms with Crippen molar-refractivity contribution in [2.24, 2.45) is 5.73 Å². The van der Waals surface area contributed by atoms with Gasteiger partial charge in [-0.05, 0) is 37.6 Å². The number of nitriles is 1. The zero-order valence-corrected chi connectivity index (χ0v) is 17.6.